The first-order valence-electron chi connectivity index (χ1n) is 7.75. The summed E-state index contributed by atoms with van der Waals surface area (Å²) < 4.78 is 5.58. The minimum absolute atomic E-state index is 0.0141. The van der Waals surface area contributed by atoms with E-state index in [2.05, 4.69) is 22.8 Å². The first-order chi connectivity index (χ1) is 11.3. The molecule has 2 aromatic rings. The standard InChI is InChI=1S/C18H20N2O2S/c21-18(12-14-13-19-10-11-22-14)20-16-8-4-5-9-17(16)23-15-6-2-1-3-7-15/h1-9,14,19H,10-13H2,(H,20,21). The highest BCUT2D eigenvalue weighted by Crippen LogP contribution is 2.33. The van der Waals surface area contributed by atoms with Crippen molar-refractivity contribution in [2.75, 3.05) is 25.0 Å². The topological polar surface area (TPSA) is 50.4 Å². The number of carbonyl (C=O) groups is 1. The Hall–Kier alpha value is -1.82. The maximum absolute atomic E-state index is 12.3. The fraction of sp³-hybridized carbons (Fsp3) is 0.278. The van der Waals surface area contributed by atoms with Gasteiger partial charge in [0.25, 0.3) is 0 Å². The van der Waals surface area contributed by atoms with Crippen LogP contribution in [-0.4, -0.2) is 31.7 Å². The lowest BCUT2D eigenvalue weighted by molar-refractivity contribution is -0.119. The molecule has 5 heteroatoms. The maximum atomic E-state index is 12.3. The van der Waals surface area contributed by atoms with Crippen LogP contribution in [0.3, 0.4) is 0 Å². The summed E-state index contributed by atoms with van der Waals surface area (Å²) >= 11 is 1.64. The minimum atomic E-state index is -0.0438. The van der Waals surface area contributed by atoms with E-state index < -0.39 is 0 Å². The van der Waals surface area contributed by atoms with Crippen LogP contribution >= 0.6 is 11.8 Å². The first-order valence-corrected chi connectivity index (χ1v) is 8.57. The van der Waals surface area contributed by atoms with Crippen LogP contribution in [0.2, 0.25) is 0 Å². The SMILES string of the molecule is O=C(CC1CNCCO1)Nc1ccccc1Sc1ccccc1. The molecular formula is C18H20N2O2S. The zero-order valence-electron chi connectivity index (χ0n) is 12.8. The molecule has 0 aliphatic carbocycles. The molecule has 0 bridgehead atoms. The first kappa shape index (κ1) is 16.1. The molecule has 1 amide bonds. The number of hydrogen-bond acceptors (Lipinski definition) is 4. The van der Waals surface area contributed by atoms with Crippen molar-refractivity contribution in [3.05, 3.63) is 54.6 Å². The molecule has 120 valence electrons. The number of ether oxygens (including phenoxy) is 1. The summed E-state index contributed by atoms with van der Waals surface area (Å²) in [7, 11) is 0. The smallest absolute Gasteiger partial charge is 0.227 e. The molecule has 1 saturated heterocycles. The lowest BCUT2D eigenvalue weighted by Gasteiger charge is -2.23. The number of morpholine rings is 1. The van der Waals surface area contributed by atoms with Gasteiger partial charge in [-0.05, 0) is 24.3 Å². The molecule has 1 unspecified atom stereocenters. The molecule has 0 spiro atoms. The van der Waals surface area contributed by atoms with Gasteiger partial charge in [-0.3, -0.25) is 4.79 Å². The zero-order valence-corrected chi connectivity index (χ0v) is 13.6. The molecule has 4 nitrogen and oxygen atoms in total. The van der Waals surface area contributed by atoms with Crippen LogP contribution in [0.5, 0.6) is 0 Å². The molecule has 0 radical (unpaired) electrons. The molecule has 0 saturated carbocycles. The number of anilines is 1. The molecule has 23 heavy (non-hydrogen) atoms. The van der Waals surface area contributed by atoms with Gasteiger partial charge in [0, 0.05) is 22.9 Å². The summed E-state index contributed by atoms with van der Waals surface area (Å²) in [6.07, 6.45) is 0.329. The highest BCUT2D eigenvalue weighted by atomic mass is 32.2. The summed E-state index contributed by atoms with van der Waals surface area (Å²) in [4.78, 5) is 14.4. The second-order valence-electron chi connectivity index (χ2n) is 5.36. The Kier molecular flexibility index (Phi) is 5.69. The lowest BCUT2D eigenvalue weighted by Crippen LogP contribution is -2.40. The van der Waals surface area contributed by atoms with Crippen LogP contribution in [0.4, 0.5) is 5.69 Å². The van der Waals surface area contributed by atoms with E-state index in [-0.39, 0.29) is 12.0 Å². The van der Waals surface area contributed by atoms with Gasteiger partial charge in [-0.1, -0.05) is 42.1 Å². The molecular weight excluding hydrogens is 308 g/mol. The van der Waals surface area contributed by atoms with Crippen LogP contribution in [0.15, 0.2) is 64.4 Å². The molecule has 2 aromatic carbocycles. The predicted molar refractivity (Wildman–Crippen MR) is 92.9 cm³/mol. The van der Waals surface area contributed by atoms with Gasteiger partial charge < -0.3 is 15.4 Å². The summed E-state index contributed by atoms with van der Waals surface area (Å²) in [6.45, 7) is 2.25. The monoisotopic (exact) mass is 328 g/mol. The number of para-hydroxylation sites is 1. The van der Waals surface area contributed by atoms with Crippen molar-refractivity contribution in [2.24, 2.45) is 0 Å². The largest absolute Gasteiger partial charge is 0.375 e. The summed E-state index contributed by atoms with van der Waals surface area (Å²) in [5.41, 5.74) is 0.843. The van der Waals surface area contributed by atoms with E-state index in [1.54, 1.807) is 11.8 Å². The van der Waals surface area contributed by atoms with Crippen molar-refractivity contribution in [3.63, 3.8) is 0 Å². The Labute approximate surface area is 140 Å². The van der Waals surface area contributed by atoms with Gasteiger partial charge >= 0.3 is 0 Å². The van der Waals surface area contributed by atoms with Crippen molar-refractivity contribution < 1.29 is 9.53 Å². The van der Waals surface area contributed by atoms with E-state index in [4.69, 9.17) is 4.74 Å². The highest BCUT2D eigenvalue weighted by Gasteiger charge is 2.18. The third-order valence-electron chi connectivity index (χ3n) is 3.55. The third-order valence-corrected chi connectivity index (χ3v) is 4.63. The molecule has 3 rings (SSSR count). The van der Waals surface area contributed by atoms with Crippen molar-refractivity contribution >= 4 is 23.4 Å². The number of rotatable bonds is 5. The van der Waals surface area contributed by atoms with E-state index in [1.807, 2.05) is 42.5 Å². The maximum Gasteiger partial charge on any atom is 0.227 e. The lowest BCUT2D eigenvalue weighted by atomic mass is 10.2. The second-order valence-corrected chi connectivity index (χ2v) is 6.48. The Morgan fingerprint density at radius 3 is 2.74 bits per heavy atom. The van der Waals surface area contributed by atoms with E-state index in [0.29, 0.717) is 13.0 Å². The van der Waals surface area contributed by atoms with Crippen LogP contribution in [0.1, 0.15) is 6.42 Å². The second kappa shape index (κ2) is 8.15. The predicted octanol–water partition coefficient (Wildman–Crippen LogP) is 3.15. The van der Waals surface area contributed by atoms with Crippen molar-refractivity contribution in [2.45, 2.75) is 22.3 Å². The van der Waals surface area contributed by atoms with Crippen LogP contribution in [0, 0.1) is 0 Å². The van der Waals surface area contributed by atoms with Crippen LogP contribution in [-0.2, 0) is 9.53 Å². The molecule has 2 N–H and O–H groups in total. The average Bonchev–Trinajstić information content (AvgIpc) is 2.58. The van der Waals surface area contributed by atoms with Gasteiger partial charge in [0.15, 0.2) is 0 Å². The van der Waals surface area contributed by atoms with Gasteiger partial charge in [-0.15, -0.1) is 0 Å². The van der Waals surface area contributed by atoms with Crippen molar-refractivity contribution in [1.29, 1.82) is 0 Å². The average molecular weight is 328 g/mol. The van der Waals surface area contributed by atoms with Crippen molar-refractivity contribution in [1.82, 2.24) is 5.32 Å². The fourth-order valence-electron chi connectivity index (χ4n) is 2.43. The zero-order chi connectivity index (χ0) is 15.9. The molecule has 1 fully saturated rings. The molecule has 1 aliphatic rings. The number of benzene rings is 2. The normalized spacial score (nSPS) is 17.7. The van der Waals surface area contributed by atoms with Crippen LogP contribution < -0.4 is 10.6 Å². The quantitative estimate of drug-likeness (QED) is 0.885. The van der Waals surface area contributed by atoms with Gasteiger partial charge in [0.1, 0.15) is 0 Å². The molecule has 0 aromatic heterocycles. The van der Waals surface area contributed by atoms with E-state index in [1.165, 1.54) is 0 Å². The number of carbonyl (C=O) groups excluding carboxylic acids is 1. The summed E-state index contributed by atoms with van der Waals surface area (Å²) in [5.74, 6) is -0.0141. The van der Waals surface area contributed by atoms with E-state index in [0.717, 1.165) is 28.6 Å². The number of nitrogens with one attached hydrogen (secondary N) is 2. The highest BCUT2D eigenvalue weighted by molar-refractivity contribution is 7.99. The molecule has 1 aliphatic heterocycles. The Bertz CT molecular complexity index is 642. The third kappa shape index (κ3) is 4.82. The minimum Gasteiger partial charge on any atom is -0.375 e. The fourth-order valence-corrected chi connectivity index (χ4v) is 3.36. The number of hydrogen-bond donors (Lipinski definition) is 2. The Morgan fingerprint density at radius 2 is 1.96 bits per heavy atom. The van der Waals surface area contributed by atoms with Gasteiger partial charge in [0.2, 0.25) is 5.91 Å². The molecule has 1 atom stereocenters. The Balaban J connectivity index is 1.64. The van der Waals surface area contributed by atoms with Gasteiger partial charge in [-0.2, -0.15) is 0 Å². The molecule has 1 heterocycles. The van der Waals surface area contributed by atoms with E-state index >= 15 is 0 Å². The van der Waals surface area contributed by atoms with E-state index in [9.17, 15) is 4.79 Å². The summed E-state index contributed by atoms with van der Waals surface area (Å²) in [5, 5.41) is 6.25. The number of amides is 1. The summed E-state index contributed by atoms with van der Waals surface area (Å²) in [6, 6.07) is 18.0. The van der Waals surface area contributed by atoms with Crippen molar-refractivity contribution in [3.8, 4) is 0 Å². The van der Waals surface area contributed by atoms with Gasteiger partial charge in [0.05, 0.1) is 24.8 Å². The van der Waals surface area contributed by atoms with Gasteiger partial charge in [-0.25, -0.2) is 0 Å². The Morgan fingerprint density at radius 1 is 1.17 bits per heavy atom. The van der Waals surface area contributed by atoms with Crippen LogP contribution in [0.25, 0.3) is 0 Å².